The second-order valence-corrected chi connectivity index (χ2v) is 3.78. The largest absolute Gasteiger partial charge is 0.303 e. The summed E-state index contributed by atoms with van der Waals surface area (Å²) in [6.07, 6.45) is 18.8. The van der Waals surface area contributed by atoms with Gasteiger partial charge in [-0.05, 0) is 19.3 Å². The molecular formula is C14H24O. The Balaban J connectivity index is 3.13. The lowest BCUT2D eigenvalue weighted by molar-refractivity contribution is -0.107. The molecule has 0 aromatic carbocycles. The zero-order valence-corrected chi connectivity index (χ0v) is 9.95. The van der Waals surface area contributed by atoms with E-state index in [0.717, 1.165) is 12.7 Å². The Kier molecular flexibility index (Phi) is 12.4. The summed E-state index contributed by atoms with van der Waals surface area (Å²) in [6.45, 7) is 2.24. The van der Waals surface area contributed by atoms with E-state index in [1.165, 1.54) is 38.5 Å². The summed E-state index contributed by atoms with van der Waals surface area (Å²) < 4.78 is 0. The van der Waals surface area contributed by atoms with Crippen molar-refractivity contribution in [1.82, 2.24) is 0 Å². The Hall–Kier alpha value is -0.850. The number of unbranched alkanes of at least 4 members (excludes halogenated alkanes) is 5. The standard InChI is InChI=1S/C14H24O/c1-2-3-4-5-6-7-8-9-10-11-12-13-14-15/h8-9,11-12,14H,2-7,10,13H2,1H3. The summed E-state index contributed by atoms with van der Waals surface area (Å²) in [5.74, 6) is 0. The van der Waals surface area contributed by atoms with Crippen molar-refractivity contribution in [3.8, 4) is 0 Å². The first-order chi connectivity index (χ1) is 7.41. The van der Waals surface area contributed by atoms with E-state index >= 15 is 0 Å². The summed E-state index contributed by atoms with van der Waals surface area (Å²) >= 11 is 0. The number of hydrogen-bond donors (Lipinski definition) is 0. The Morgan fingerprint density at radius 3 is 2.20 bits per heavy atom. The van der Waals surface area contributed by atoms with Gasteiger partial charge in [0.15, 0.2) is 0 Å². The van der Waals surface area contributed by atoms with E-state index in [0.29, 0.717) is 6.42 Å². The summed E-state index contributed by atoms with van der Waals surface area (Å²) in [6, 6.07) is 0. The van der Waals surface area contributed by atoms with Crippen LogP contribution in [0.3, 0.4) is 0 Å². The molecule has 0 aliphatic heterocycles. The molecule has 1 nitrogen and oxygen atoms in total. The predicted molar refractivity (Wildman–Crippen MR) is 67.0 cm³/mol. The van der Waals surface area contributed by atoms with Gasteiger partial charge in [-0.15, -0.1) is 0 Å². The van der Waals surface area contributed by atoms with Crippen molar-refractivity contribution in [2.24, 2.45) is 0 Å². The van der Waals surface area contributed by atoms with Gasteiger partial charge in [-0.25, -0.2) is 0 Å². The van der Waals surface area contributed by atoms with Crippen molar-refractivity contribution in [2.45, 2.75) is 58.3 Å². The molecule has 0 aromatic heterocycles. The van der Waals surface area contributed by atoms with Gasteiger partial charge >= 0.3 is 0 Å². The minimum Gasteiger partial charge on any atom is -0.303 e. The van der Waals surface area contributed by atoms with Crippen LogP contribution in [0.2, 0.25) is 0 Å². The second-order valence-electron chi connectivity index (χ2n) is 3.78. The number of carbonyl (C=O) groups is 1. The van der Waals surface area contributed by atoms with Crippen molar-refractivity contribution in [3.63, 3.8) is 0 Å². The van der Waals surface area contributed by atoms with E-state index in [-0.39, 0.29) is 0 Å². The second kappa shape index (κ2) is 13.2. The number of aldehydes is 1. The van der Waals surface area contributed by atoms with E-state index < -0.39 is 0 Å². The highest BCUT2D eigenvalue weighted by Gasteiger charge is 1.85. The van der Waals surface area contributed by atoms with Gasteiger partial charge in [0.25, 0.3) is 0 Å². The van der Waals surface area contributed by atoms with Gasteiger partial charge in [0, 0.05) is 6.42 Å². The van der Waals surface area contributed by atoms with Gasteiger partial charge in [-0.1, -0.05) is 56.9 Å². The van der Waals surface area contributed by atoms with Crippen LogP contribution in [-0.4, -0.2) is 6.29 Å². The number of allylic oxidation sites excluding steroid dienone is 4. The van der Waals surface area contributed by atoms with Crippen LogP contribution in [0.25, 0.3) is 0 Å². The van der Waals surface area contributed by atoms with Gasteiger partial charge in [0.2, 0.25) is 0 Å². The predicted octanol–water partition coefficient (Wildman–Crippen LogP) is 4.44. The number of carbonyl (C=O) groups excluding carboxylic acids is 1. The summed E-state index contributed by atoms with van der Waals surface area (Å²) in [5.41, 5.74) is 0. The monoisotopic (exact) mass is 208 g/mol. The van der Waals surface area contributed by atoms with Gasteiger partial charge in [0.05, 0.1) is 0 Å². The smallest absolute Gasteiger partial charge is 0.123 e. The molecule has 0 aliphatic rings. The van der Waals surface area contributed by atoms with Crippen LogP contribution >= 0.6 is 0 Å². The lowest BCUT2D eigenvalue weighted by Gasteiger charge is -1.95. The van der Waals surface area contributed by atoms with Crippen molar-refractivity contribution in [3.05, 3.63) is 24.3 Å². The highest BCUT2D eigenvalue weighted by Crippen LogP contribution is 2.05. The maximum atomic E-state index is 10.00. The fourth-order valence-electron chi connectivity index (χ4n) is 1.41. The zero-order chi connectivity index (χ0) is 11.2. The topological polar surface area (TPSA) is 17.1 Å². The third kappa shape index (κ3) is 13.2. The normalized spacial score (nSPS) is 11.5. The highest BCUT2D eigenvalue weighted by atomic mass is 16.1. The van der Waals surface area contributed by atoms with Crippen molar-refractivity contribution >= 4 is 6.29 Å². The van der Waals surface area contributed by atoms with E-state index in [1.807, 2.05) is 12.2 Å². The number of hydrogen-bond acceptors (Lipinski definition) is 1. The molecule has 0 aliphatic carbocycles. The molecule has 0 unspecified atom stereocenters. The van der Waals surface area contributed by atoms with Crippen LogP contribution in [0.15, 0.2) is 24.3 Å². The van der Waals surface area contributed by atoms with Gasteiger partial charge in [0.1, 0.15) is 6.29 Å². The molecule has 0 radical (unpaired) electrons. The SMILES string of the molecule is CCCCCCCC=CCC=CCC=O. The molecule has 86 valence electrons. The fourth-order valence-corrected chi connectivity index (χ4v) is 1.41. The van der Waals surface area contributed by atoms with Gasteiger partial charge in [-0.3, -0.25) is 0 Å². The Bertz CT molecular complexity index is 180. The summed E-state index contributed by atoms with van der Waals surface area (Å²) in [4.78, 5) is 10.00. The highest BCUT2D eigenvalue weighted by molar-refractivity contribution is 5.51. The van der Waals surface area contributed by atoms with Gasteiger partial charge < -0.3 is 4.79 Å². The van der Waals surface area contributed by atoms with Crippen LogP contribution in [0.1, 0.15) is 58.3 Å². The van der Waals surface area contributed by atoms with Gasteiger partial charge in [-0.2, -0.15) is 0 Å². The van der Waals surface area contributed by atoms with Crippen LogP contribution in [0, 0.1) is 0 Å². The minimum absolute atomic E-state index is 0.546. The molecular weight excluding hydrogens is 184 g/mol. The van der Waals surface area contributed by atoms with Crippen LogP contribution in [0.5, 0.6) is 0 Å². The molecule has 0 rings (SSSR count). The van der Waals surface area contributed by atoms with E-state index in [9.17, 15) is 4.79 Å². The molecule has 1 heteroatoms. The lowest BCUT2D eigenvalue weighted by atomic mass is 10.1. The molecule has 0 aromatic rings. The number of rotatable bonds is 10. The average Bonchev–Trinajstić information content (AvgIpc) is 2.26. The summed E-state index contributed by atoms with van der Waals surface area (Å²) in [7, 11) is 0. The van der Waals surface area contributed by atoms with Crippen LogP contribution < -0.4 is 0 Å². The third-order valence-electron chi connectivity index (χ3n) is 2.31. The molecule has 0 saturated heterocycles. The Labute approximate surface area is 94.3 Å². The zero-order valence-electron chi connectivity index (χ0n) is 9.95. The minimum atomic E-state index is 0.546. The maximum Gasteiger partial charge on any atom is 0.123 e. The molecule has 0 saturated carbocycles. The van der Waals surface area contributed by atoms with Crippen molar-refractivity contribution < 1.29 is 4.79 Å². The van der Waals surface area contributed by atoms with Crippen LogP contribution in [-0.2, 0) is 4.79 Å². The molecule has 0 atom stereocenters. The van der Waals surface area contributed by atoms with Crippen molar-refractivity contribution in [2.75, 3.05) is 0 Å². The average molecular weight is 208 g/mol. The molecule has 15 heavy (non-hydrogen) atoms. The van der Waals surface area contributed by atoms with E-state index in [4.69, 9.17) is 0 Å². The van der Waals surface area contributed by atoms with Crippen molar-refractivity contribution in [1.29, 1.82) is 0 Å². The lowest BCUT2D eigenvalue weighted by Crippen LogP contribution is -1.75. The summed E-state index contributed by atoms with van der Waals surface area (Å²) in [5, 5.41) is 0. The first-order valence-electron chi connectivity index (χ1n) is 6.15. The Morgan fingerprint density at radius 1 is 0.800 bits per heavy atom. The maximum absolute atomic E-state index is 10.00. The molecule has 0 fully saturated rings. The third-order valence-corrected chi connectivity index (χ3v) is 2.31. The Morgan fingerprint density at radius 2 is 1.47 bits per heavy atom. The molecule has 0 heterocycles. The van der Waals surface area contributed by atoms with E-state index in [1.54, 1.807) is 0 Å². The fraction of sp³-hybridized carbons (Fsp3) is 0.643. The molecule has 0 amide bonds. The molecule has 0 N–H and O–H groups in total. The molecule has 0 bridgehead atoms. The van der Waals surface area contributed by atoms with Crippen LogP contribution in [0.4, 0.5) is 0 Å². The quantitative estimate of drug-likeness (QED) is 0.295. The first kappa shape index (κ1) is 14.2. The molecule has 0 spiro atoms. The first-order valence-corrected chi connectivity index (χ1v) is 6.15. The van der Waals surface area contributed by atoms with E-state index in [2.05, 4.69) is 19.1 Å².